The van der Waals surface area contributed by atoms with E-state index in [4.69, 9.17) is 4.42 Å². The molecular formula is C18H15N5O3. The number of nitrogens with zero attached hydrogens (tertiary/aromatic N) is 4. The number of carbonyl (C=O) groups excluding carboxylic acids is 2. The molecule has 1 fully saturated rings. The van der Waals surface area contributed by atoms with Crippen LogP contribution in [0, 0.1) is 0 Å². The van der Waals surface area contributed by atoms with Crippen LogP contribution in [0.2, 0.25) is 0 Å². The molecule has 1 atom stereocenters. The minimum atomic E-state index is -1.22. The van der Waals surface area contributed by atoms with Gasteiger partial charge in [0.1, 0.15) is 6.54 Å². The van der Waals surface area contributed by atoms with Crippen molar-refractivity contribution in [3.05, 3.63) is 66.3 Å². The van der Waals surface area contributed by atoms with E-state index >= 15 is 0 Å². The number of pyridine rings is 1. The van der Waals surface area contributed by atoms with Gasteiger partial charge in [0, 0.05) is 11.8 Å². The number of nitrogens with one attached hydrogen (secondary N) is 1. The molecular weight excluding hydrogens is 334 g/mol. The molecule has 1 unspecified atom stereocenters. The fraction of sp³-hybridized carbons (Fsp3) is 0.167. The van der Waals surface area contributed by atoms with Crippen LogP contribution in [-0.2, 0) is 16.9 Å². The number of benzene rings is 1. The summed E-state index contributed by atoms with van der Waals surface area (Å²) in [6.07, 6.45) is 1.58. The molecule has 1 N–H and O–H groups in total. The van der Waals surface area contributed by atoms with Crippen LogP contribution in [0.15, 0.2) is 59.1 Å². The Balaban J connectivity index is 1.57. The Hall–Kier alpha value is -3.55. The molecule has 0 saturated carbocycles. The van der Waals surface area contributed by atoms with Gasteiger partial charge in [0.2, 0.25) is 11.8 Å². The Bertz CT molecular complexity index is 957. The predicted octanol–water partition coefficient (Wildman–Crippen LogP) is 2.10. The van der Waals surface area contributed by atoms with E-state index in [2.05, 4.69) is 20.5 Å². The van der Waals surface area contributed by atoms with Crippen LogP contribution in [0.1, 0.15) is 18.5 Å². The Morgan fingerprint density at radius 1 is 1.08 bits per heavy atom. The summed E-state index contributed by atoms with van der Waals surface area (Å²) in [7, 11) is 0. The molecule has 3 amide bonds. The highest BCUT2D eigenvalue weighted by atomic mass is 16.4. The third-order valence-corrected chi connectivity index (χ3v) is 4.23. The number of aromatic nitrogens is 3. The van der Waals surface area contributed by atoms with Gasteiger partial charge in [-0.2, -0.15) is 0 Å². The maximum atomic E-state index is 12.8. The number of urea groups is 1. The normalized spacial score (nSPS) is 19.7. The first-order chi connectivity index (χ1) is 12.6. The lowest BCUT2D eigenvalue weighted by Gasteiger charge is -2.20. The molecule has 0 aliphatic carbocycles. The number of rotatable bonds is 4. The molecule has 0 bridgehead atoms. The van der Waals surface area contributed by atoms with Crippen LogP contribution >= 0.6 is 0 Å². The van der Waals surface area contributed by atoms with Crippen LogP contribution < -0.4 is 5.32 Å². The maximum Gasteiger partial charge on any atom is 0.325 e. The standard InChI is InChI=1S/C18H15N5O3/c1-18(13-9-5-6-10-19-13)16(24)23(17(25)20-18)11-14-21-22-15(26-14)12-7-3-2-4-8-12/h2-10H,11H2,1H3,(H,20,25). The Kier molecular flexibility index (Phi) is 3.72. The second-order valence-corrected chi connectivity index (χ2v) is 6.03. The summed E-state index contributed by atoms with van der Waals surface area (Å²) >= 11 is 0. The van der Waals surface area contributed by atoms with Crippen molar-refractivity contribution in [1.29, 1.82) is 0 Å². The average Bonchev–Trinajstić information content (AvgIpc) is 3.23. The predicted molar refractivity (Wildman–Crippen MR) is 90.4 cm³/mol. The lowest BCUT2D eigenvalue weighted by molar-refractivity contribution is -0.131. The van der Waals surface area contributed by atoms with E-state index in [0.29, 0.717) is 11.6 Å². The van der Waals surface area contributed by atoms with Crippen molar-refractivity contribution in [1.82, 2.24) is 25.4 Å². The molecule has 26 heavy (non-hydrogen) atoms. The third kappa shape index (κ3) is 2.61. The Labute approximate surface area is 148 Å². The zero-order chi connectivity index (χ0) is 18.1. The summed E-state index contributed by atoms with van der Waals surface area (Å²) in [5.74, 6) is 0.0958. The number of carbonyl (C=O) groups is 2. The largest absolute Gasteiger partial charge is 0.419 e. The van der Waals surface area contributed by atoms with Gasteiger partial charge >= 0.3 is 6.03 Å². The number of imide groups is 1. The van der Waals surface area contributed by atoms with Crippen molar-refractivity contribution < 1.29 is 14.0 Å². The number of hydrogen-bond donors (Lipinski definition) is 1. The minimum absolute atomic E-state index is 0.104. The van der Waals surface area contributed by atoms with Gasteiger partial charge in [0.05, 0.1) is 5.69 Å². The Morgan fingerprint density at radius 3 is 2.58 bits per heavy atom. The van der Waals surface area contributed by atoms with Crippen molar-refractivity contribution in [3.63, 3.8) is 0 Å². The summed E-state index contributed by atoms with van der Waals surface area (Å²) < 4.78 is 5.59. The van der Waals surface area contributed by atoms with Gasteiger partial charge in [0.25, 0.3) is 5.91 Å². The molecule has 0 radical (unpaired) electrons. The highest BCUT2D eigenvalue weighted by Crippen LogP contribution is 2.28. The van der Waals surface area contributed by atoms with Gasteiger partial charge in [-0.25, -0.2) is 4.79 Å². The molecule has 1 saturated heterocycles. The molecule has 3 aromatic rings. The van der Waals surface area contributed by atoms with Crippen molar-refractivity contribution in [2.24, 2.45) is 0 Å². The molecule has 1 aliphatic heterocycles. The second-order valence-electron chi connectivity index (χ2n) is 6.03. The lowest BCUT2D eigenvalue weighted by Crippen LogP contribution is -2.41. The van der Waals surface area contributed by atoms with Crippen LogP contribution in [-0.4, -0.2) is 32.0 Å². The lowest BCUT2D eigenvalue weighted by atomic mass is 9.97. The maximum absolute atomic E-state index is 12.8. The van der Waals surface area contributed by atoms with E-state index in [1.807, 2.05) is 30.3 Å². The van der Waals surface area contributed by atoms with E-state index < -0.39 is 17.5 Å². The van der Waals surface area contributed by atoms with E-state index in [-0.39, 0.29) is 12.4 Å². The summed E-state index contributed by atoms with van der Waals surface area (Å²) in [5.41, 5.74) is 0.0128. The molecule has 2 aromatic heterocycles. The summed E-state index contributed by atoms with van der Waals surface area (Å²) in [6, 6.07) is 13.9. The summed E-state index contributed by atoms with van der Waals surface area (Å²) in [6.45, 7) is 1.52. The highest BCUT2D eigenvalue weighted by Gasteiger charge is 2.50. The van der Waals surface area contributed by atoms with E-state index in [0.717, 1.165) is 10.5 Å². The van der Waals surface area contributed by atoms with Crippen molar-refractivity contribution in [2.45, 2.75) is 19.0 Å². The summed E-state index contributed by atoms with van der Waals surface area (Å²) in [5, 5.41) is 10.6. The summed E-state index contributed by atoms with van der Waals surface area (Å²) in [4.78, 5) is 30.4. The quantitative estimate of drug-likeness (QED) is 0.724. The highest BCUT2D eigenvalue weighted by molar-refractivity contribution is 6.06. The first kappa shape index (κ1) is 15.9. The van der Waals surface area contributed by atoms with Crippen LogP contribution in [0.25, 0.3) is 11.5 Å². The topological polar surface area (TPSA) is 101 Å². The fourth-order valence-electron chi connectivity index (χ4n) is 2.82. The molecule has 4 rings (SSSR count). The van der Waals surface area contributed by atoms with Gasteiger partial charge in [-0.3, -0.25) is 14.7 Å². The SMILES string of the molecule is CC1(c2ccccn2)NC(=O)N(Cc2nnc(-c3ccccc3)o2)C1=O. The smallest absolute Gasteiger partial charge is 0.325 e. The second kappa shape index (κ2) is 6.07. The molecule has 1 aromatic carbocycles. The van der Waals surface area contributed by atoms with Gasteiger partial charge < -0.3 is 9.73 Å². The molecule has 130 valence electrons. The van der Waals surface area contributed by atoms with Crippen molar-refractivity contribution >= 4 is 11.9 Å². The molecule has 0 spiro atoms. The van der Waals surface area contributed by atoms with Gasteiger partial charge in [-0.05, 0) is 31.2 Å². The zero-order valence-corrected chi connectivity index (χ0v) is 13.9. The van der Waals surface area contributed by atoms with Crippen LogP contribution in [0.5, 0.6) is 0 Å². The average molecular weight is 349 g/mol. The monoisotopic (exact) mass is 349 g/mol. The molecule has 8 heteroatoms. The van der Waals surface area contributed by atoms with Crippen molar-refractivity contribution in [3.8, 4) is 11.5 Å². The van der Waals surface area contributed by atoms with Crippen LogP contribution in [0.3, 0.4) is 0 Å². The van der Waals surface area contributed by atoms with Gasteiger partial charge in [-0.15, -0.1) is 10.2 Å². The minimum Gasteiger partial charge on any atom is -0.419 e. The first-order valence-electron chi connectivity index (χ1n) is 8.01. The number of hydrogen-bond acceptors (Lipinski definition) is 6. The third-order valence-electron chi connectivity index (χ3n) is 4.23. The number of amides is 3. The zero-order valence-electron chi connectivity index (χ0n) is 13.9. The fourth-order valence-corrected chi connectivity index (χ4v) is 2.82. The molecule has 3 heterocycles. The van der Waals surface area contributed by atoms with Crippen LogP contribution in [0.4, 0.5) is 4.79 Å². The molecule has 8 nitrogen and oxygen atoms in total. The van der Waals surface area contributed by atoms with E-state index in [1.165, 1.54) is 0 Å². The Morgan fingerprint density at radius 2 is 1.85 bits per heavy atom. The van der Waals surface area contributed by atoms with Gasteiger partial charge in [-0.1, -0.05) is 24.3 Å². The van der Waals surface area contributed by atoms with E-state index in [1.54, 1.807) is 31.3 Å². The van der Waals surface area contributed by atoms with Gasteiger partial charge in [0.15, 0.2) is 5.54 Å². The van der Waals surface area contributed by atoms with Crippen molar-refractivity contribution in [2.75, 3.05) is 0 Å². The first-order valence-corrected chi connectivity index (χ1v) is 8.01. The van der Waals surface area contributed by atoms with E-state index in [9.17, 15) is 9.59 Å². The molecule has 1 aliphatic rings.